The molecule has 2 rings (SSSR count). The second-order valence-electron chi connectivity index (χ2n) is 7.21. The van der Waals surface area contributed by atoms with Gasteiger partial charge in [-0.2, -0.15) is 0 Å². The van der Waals surface area contributed by atoms with Gasteiger partial charge in [-0.05, 0) is 30.9 Å². The van der Waals surface area contributed by atoms with E-state index in [0.717, 1.165) is 11.1 Å². The summed E-state index contributed by atoms with van der Waals surface area (Å²) in [4.78, 5) is 35.4. The number of rotatable bonds is 11. The third-order valence-corrected chi connectivity index (χ3v) is 7.23. The Morgan fingerprint density at radius 3 is 2.10 bits per heavy atom. The Balaban J connectivity index is 2.04. The van der Waals surface area contributed by atoms with E-state index < -0.39 is 31.1 Å². The monoisotopic (exact) mass is 447 g/mol. The molecule has 3 atom stereocenters. The molecule has 31 heavy (non-hydrogen) atoms. The van der Waals surface area contributed by atoms with Crippen LogP contribution in [0.1, 0.15) is 31.4 Å². The van der Waals surface area contributed by atoms with Crippen molar-refractivity contribution in [2.45, 2.75) is 39.1 Å². The van der Waals surface area contributed by atoms with Crippen LogP contribution >= 0.6 is 7.37 Å². The molecular formula is C23H30NO6P. The minimum atomic E-state index is -3.94. The van der Waals surface area contributed by atoms with Crippen LogP contribution in [0.3, 0.4) is 0 Å². The van der Waals surface area contributed by atoms with Crippen LogP contribution in [0, 0.1) is 5.92 Å². The molecule has 0 heterocycles. The molecule has 2 aromatic rings. The molecule has 7 nitrogen and oxygen atoms in total. The Morgan fingerprint density at radius 1 is 0.968 bits per heavy atom. The van der Waals surface area contributed by atoms with E-state index in [1.807, 2.05) is 60.7 Å². The molecular weight excluding hydrogens is 417 g/mol. The van der Waals surface area contributed by atoms with Gasteiger partial charge in [0.1, 0.15) is 12.4 Å². The van der Waals surface area contributed by atoms with Crippen molar-refractivity contribution in [1.29, 1.82) is 0 Å². The predicted octanol–water partition coefficient (Wildman–Crippen LogP) is 4.34. The zero-order chi connectivity index (χ0) is 22.7. The van der Waals surface area contributed by atoms with Crippen molar-refractivity contribution in [1.82, 2.24) is 5.32 Å². The van der Waals surface area contributed by atoms with Gasteiger partial charge < -0.3 is 19.7 Å². The average Bonchev–Trinajstić information content (AvgIpc) is 2.77. The lowest BCUT2D eigenvalue weighted by molar-refractivity contribution is -0.147. The van der Waals surface area contributed by atoms with Gasteiger partial charge in [0.05, 0.1) is 12.5 Å². The quantitative estimate of drug-likeness (QED) is 0.392. The van der Waals surface area contributed by atoms with Gasteiger partial charge in [0.2, 0.25) is 7.37 Å². The van der Waals surface area contributed by atoms with E-state index >= 15 is 0 Å². The third kappa shape index (κ3) is 8.19. The van der Waals surface area contributed by atoms with Crippen LogP contribution in [0.4, 0.5) is 4.79 Å². The SMILES string of the molecule is CCOC(=O)C(Cc1ccccc1)CP(=O)(O)C(CC)NC(=O)OCc1ccccc1. The van der Waals surface area contributed by atoms with Crippen LogP contribution in [-0.4, -0.2) is 35.5 Å². The summed E-state index contributed by atoms with van der Waals surface area (Å²) in [5.41, 5.74) is 1.67. The molecule has 0 aliphatic carbocycles. The maximum absolute atomic E-state index is 13.1. The molecule has 2 N–H and O–H groups in total. The number of hydrogen-bond acceptors (Lipinski definition) is 5. The van der Waals surface area contributed by atoms with Gasteiger partial charge in [-0.25, -0.2) is 4.79 Å². The summed E-state index contributed by atoms with van der Waals surface area (Å²) in [6.45, 7) is 3.62. The lowest BCUT2D eigenvalue weighted by atomic mass is 10.0. The van der Waals surface area contributed by atoms with Crippen LogP contribution in [0.2, 0.25) is 0 Å². The van der Waals surface area contributed by atoms with Gasteiger partial charge >= 0.3 is 12.1 Å². The summed E-state index contributed by atoms with van der Waals surface area (Å²) < 4.78 is 23.4. The molecule has 0 aliphatic heterocycles. The number of carbonyl (C=O) groups is 2. The Bertz CT molecular complexity index is 874. The highest BCUT2D eigenvalue weighted by molar-refractivity contribution is 7.58. The zero-order valence-electron chi connectivity index (χ0n) is 17.9. The van der Waals surface area contributed by atoms with Gasteiger partial charge in [-0.3, -0.25) is 9.36 Å². The molecule has 2 aromatic carbocycles. The van der Waals surface area contributed by atoms with Crippen LogP contribution in [0.5, 0.6) is 0 Å². The fourth-order valence-electron chi connectivity index (χ4n) is 3.21. The van der Waals surface area contributed by atoms with Crippen molar-refractivity contribution in [2.24, 2.45) is 5.92 Å². The van der Waals surface area contributed by atoms with Crippen molar-refractivity contribution in [3.63, 3.8) is 0 Å². The first-order chi connectivity index (χ1) is 14.9. The fourth-order valence-corrected chi connectivity index (χ4v) is 5.26. The molecule has 8 heteroatoms. The molecule has 0 radical (unpaired) electrons. The van der Waals surface area contributed by atoms with Crippen LogP contribution in [0.25, 0.3) is 0 Å². The number of amides is 1. The summed E-state index contributed by atoms with van der Waals surface area (Å²) >= 11 is 0. The van der Waals surface area contributed by atoms with Gasteiger partial charge in [-0.15, -0.1) is 0 Å². The van der Waals surface area contributed by atoms with E-state index in [4.69, 9.17) is 9.47 Å². The minimum absolute atomic E-state index is 0.0539. The summed E-state index contributed by atoms with van der Waals surface area (Å²) in [7, 11) is -3.94. The summed E-state index contributed by atoms with van der Waals surface area (Å²) in [6.07, 6.45) is -0.576. The maximum atomic E-state index is 13.1. The number of alkyl carbamates (subject to hydrolysis) is 1. The van der Waals surface area contributed by atoms with E-state index in [0.29, 0.717) is 0 Å². The standard InChI is InChI=1S/C23H30NO6P/c1-3-21(24-23(26)30-16-19-13-9-6-10-14-19)31(27,28)17-20(22(25)29-4-2)15-18-11-7-5-8-12-18/h5-14,20-21H,3-4,15-17H2,1-2H3,(H,24,26)(H,27,28). The highest BCUT2D eigenvalue weighted by Gasteiger charge is 2.37. The minimum Gasteiger partial charge on any atom is -0.466 e. The van der Waals surface area contributed by atoms with Gasteiger partial charge in [0.25, 0.3) is 0 Å². The van der Waals surface area contributed by atoms with Crippen molar-refractivity contribution in [2.75, 3.05) is 12.8 Å². The smallest absolute Gasteiger partial charge is 0.408 e. The van der Waals surface area contributed by atoms with Crippen molar-refractivity contribution in [3.8, 4) is 0 Å². The lowest BCUT2D eigenvalue weighted by Gasteiger charge is -2.26. The summed E-state index contributed by atoms with van der Waals surface area (Å²) in [5, 5.41) is 2.49. The Morgan fingerprint density at radius 2 is 1.55 bits per heavy atom. The largest absolute Gasteiger partial charge is 0.466 e. The predicted molar refractivity (Wildman–Crippen MR) is 119 cm³/mol. The van der Waals surface area contributed by atoms with Gasteiger partial charge in [0, 0.05) is 6.16 Å². The molecule has 3 unspecified atom stereocenters. The number of hydrogen-bond donors (Lipinski definition) is 2. The Labute approximate surface area is 183 Å². The van der Waals surface area contributed by atoms with Gasteiger partial charge in [0.15, 0.2) is 0 Å². The summed E-state index contributed by atoms with van der Waals surface area (Å²) in [5.74, 6) is -2.35. The molecule has 0 fully saturated rings. The van der Waals surface area contributed by atoms with Crippen molar-refractivity contribution in [3.05, 3.63) is 71.8 Å². The van der Waals surface area contributed by atoms with E-state index in [1.54, 1.807) is 13.8 Å². The second-order valence-corrected chi connectivity index (χ2v) is 9.71. The van der Waals surface area contributed by atoms with E-state index in [1.165, 1.54) is 0 Å². The zero-order valence-corrected chi connectivity index (χ0v) is 18.8. The third-order valence-electron chi connectivity index (χ3n) is 4.80. The van der Waals surface area contributed by atoms with Crippen molar-refractivity contribution < 1.29 is 28.5 Å². The van der Waals surface area contributed by atoms with Crippen LogP contribution in [0.15, 0.2) is 60.7 Å². The number of benzene rings is 2. The first-order valence-electron chi connectivity index (χ1n) is 10.3. The molecule has 0 aromatic heterocycles. The van der Waals surface area contributed by atoms with Crippen LogP contribution in [-0.2, 0) is 31.9 Å². The molecule has 168 valence electrons. The van der Waals surface area contributed by atoms with E-state index in [-0.39, 0.29) is 32.2 Å². The number of nitrogens with one attached hydrogen (secondary N) is 1. The highest BCUT2D eigenvalue weighted by atomic mass is 31.2. The number of carbonyl (C=O) groups excluding carboxylic acids is 2. The molecule has 0 saturated carbocycles. The fraction of sp³-hybridized carbons (Fsp3) is 0.391. The normalized spacial score (nSPS) is 14.7. The van der Waals surface area contributed by atoms with Gasteiger partial charge in [-0.1, -0.05) is 67.6 Å². The second kappa shape index (κ2) is 12.3. The average molecular weight is 447 g/mol. The van der Waals surface area contributed by atoms with E-state index in [2.05, 4.69) is 5.32 Å². The van der Waals surface area contributed by atoms with Crippen molar-refractivity contribution >= 4 is 19.4 Å². The first kappa shape index (κ1) is 24.6. The summed E-state index contributed by atoms with van der Waals surface area (Å²) in [6, 6.07) is 18.4. The lowest BCUT2D eigenvalue weighted by Crippen LogP contribution is -2.37. The topological polar surface area (TPSA) is 102 Å². The molecule has 1 amide bonds. The van der Waals surface area contributed by atoms with E-state index in [9.17, 15) is 19.0 Å². The Hall–Kier alpha value is -2.63. The highest BCUT2D eigenvalue weighted by Crippen LogP contribution is 2.48. The first-order valence-corrected chi connectivity index (χ1v) is 12.3. The molecule has 0 bridgehead atoms. The number of ether oxygens (including phenoxy) is 2. The molecule has 0 spiro atoms. The molecule has 0 saturated heterocycles. The Kier molecular flexibility index (Phi) is 9.76. The number of esters is 1. The maximum Gasteiger partial charge on any atom is 0.408 e. The molecule has 0 aliphatic rings. The van der Waals surface area contributed by atoms with Crippen LogP contribution < -0.4 is 5.32 Å².